The fourth-order valence-corrected chi connectivity index (χ4v) is 3.57. The van der Waals surface area contributed by atoms with E-state index in [0.29, 0.717) is 32.1 Å². The van der Waals surface area contributed by atoms with Crippen LogP contribution in [-0.4, -0.2) is 31.9 Å². The predicted octanol–water partition coefficient (Wildman–Crippen LogP) is 1.80. The number of ether oxygens (including phenoxy) is 2. The molecule has 110 valence electrons. The zero-order valence-corrected chi connectivity index (χ0v) is 12.2. The highest BCUT2D eigenvalue weighted by Gasteiger charge is 2.62. The van der Waals surface area contributed by atoms with Gasteiger partial charge in [-0.2, -0.15) is 0 Å². The van der Waals surface area contributed by atoms with Gasteiger partial charge in [-0.1, -0.05) is 18.1 Å². The highest BCUT2D eigenvalue weighted by molar-refractivity contribution is 6.15. The summed E-state index contributed by atoms with van der Waals surface area (Å²) < 4.78 is 9.70. The maximum atomic E-state index is 13.0. The van der Waals surface area contributed by atoms with Gasteiger partial charge in [0.15, 0.2) is 5.78 Å². The first-order valence-corrected chi connectivity index (χ1v) is 6.80. The van der Waals surface area contributed by atoms with Crippen molar-refractivity contribution in [1.29, 1.82) is 0 Å². The van der Waals surface area contributed by atoms with Crippen LogP contribution in [0.1, 0.15) is 39.0 Å². The third kappa shape index (κ3) is 1.87. The number of fused-ring (bicyclic) bond motifs is 2. The van der Waals surface area contributed by atoms with E-state index >= 15 is 0 Å². The smallest absolute Gasteiger partial charge is 0.319 e. The zero-order chi connectivity index (χ0) is 15.0. The Labute approximate surface area is 118 Å². The van der Waals surface area contributed by atoms with Gasteiger partial charge in [-0.05, 0) is 32.6 Å². The predicted molar refractivity (Wildman–Crippen MR) is 70.7 cm³/mol. The van der Waals surface area contributed by atoms with Crippen molar-refractivity contribution in [3.8, 4) is 0 Å². The second kappa shape index (κ2) is 5.04. The molecule has 0 spiro atoms. The number of hydrogen-bond donors (Lipinski definition) is 0. The number of hydrogen-bond acceptors (Lipinski definition) is 5. The Morgan fingerprint density at radius 2 is 1.65 bits per heavy atom. The van der Waals surface area contributed by atoms with Crippen LogP contribution in [0.4, 0.5) is 0 Å². The van der Waals surface area contributed by atoms with Crippen molar-refractivity contribution < 1.29 is 23.9 Å². The van der Waals surface area contributed by atoms with E-state index in [1.807, 2.05) is 13.0 Å². The molecule has 2 atom stereocenters. The van der Waals surface area contributed by atoms with Crippen LogP contribution in [0.25, 0.3) is 0 Å². The molecule has 0 aromatic carbocycles. The zero-order valence-electron chi connectivity index (χ0n) is 12.2. The summed E-state index contributed by atoms with van der Waals surface area (Å²) in [5.41, 5.74) is -1.51. The van der Waals surface area contributed by atoms with Crippen molar-refractivity contribution in [1.82, 2.24) is 0 Å². The standard InChI is InChI=1S/C15H20O5/c1-10-5-8-14(12(17)19-2)6-4-7-15(9-10,11(14)16)13(18)20-3/h5H,4,6-9H2,1-3H3. The quantitative estimate of drug-likeness (QED) is 0.438. The van der Waals surface area contributed by atoms with Gasteiger partial charge in [0.2, 0.25) is 0 Å². The first kappa shape index (κ1) is 14.8. The van der Waals surface area contributed by atoms with Crippen LogP contribution in [-0.2, 0) is 23.9 Å². The molecule has 0 heterocycles. The van der Waals surface area contributed by atoms with Crippen LogP contribution in [0.3, 0.4) is 0 Å². The van der Waals surface area contributed by atoms with Crippen LogP contribution in [0.15, 0.2) is 11.6 Å². The van der Waals surface area contributed by atoms with E-state index in [-0.39, 0.29) is 5.78 Å². The van der Waals surface area contributed by atoms with Gasteiger partial charge in [0, 0.05) is 0 Å². The third-order valence-corrected chi connectivity index (χ3v) is 4.61. The van der Waals surface area contributed by atoms with Crippen LogP contribution in [0.5, 0.6) is 0 Å². The van der Waals surface area contributed by atoms with Gasteiger partial charge in [0.25, 0.3) is 0 Å². The number of carbonyl (C=O) groups excluding carboxylic acids is 3. The molecule has 1 saturated carbocycles. The normalized spacial score (nSPS) is 33.0. The van der Waals surface area contributed by atoms with E-state index in [4.69, 9.17) is 9.47 Å². The topological polar surface area (TPSA) is 69.7 Å². The summed E-state index contributed by atoms with van der Waals surface area (Å²) >= 11 is 0. The minimum Gasteiger partial charge on any atom is -0.468 e. The largest absolute Gasteiger partial charge is 0.468 e. The average molecular weight is 280 g/mol. The van der Waals surface area contributed by atoms with Gasteiger partial charge in [-0.3, -0.25) is 14.4 Å². The summed E-state index contributed by atoms with van der Waals surface area (Å²) in [6.07, 6.45) is 4.02. The number of Topliss-reactive ketones (excluding diaryl/α,β-unsaturated/α-hetero) is 1. The Morgan fingerprint density at radius 1 is 1.10 bits per heavy atom. The molecule has 5 heteroatoms. The number of carbonyl (C=O) groups is 3. The van der Waals surface area contributed by atoms with E-state index in [9.17, 15) is 14.4 Å². The molecule has 0 N–H and O–H groups in total. The SMILES string of the molecule is COC(=O)C12CC=C(C)CC(C(=O)OC)(CCC1)C2=O. The molecule has 0 aliphatic heterocycles. The monoisotopic (exact) mass is 280 g/mol. The lowest BCUT2D eigenvalue weighted by Gasteiger charge is -2.41. The van der Waals surface area contributed by atoms with Gasteiger partial charge in [-0.25, -0.2) is 0 Å². The summed E-state index contributed by atoms with van der Waals surface area (Å²) in [6.45, 7) is 1.88. The van der Waals surface area contributed by atoms with Crippen molar-refractivity contribution in [3.05, 3.63) is 11.6 Å². The van der Waals surface area contributed by atoms with Crippen LogP contribution >= 0.6 is 0 Å². The van der Waals surface area contributed by atoms with E-state index in [0.717, 1.165) is 5.57 Å². The fourth-order valence-electron chi connectivity index (χ4n) is 3.57. The first-order valence-electron chi connectivity index (χ1n) is 6.80. The molecular formula is C15H20O5. The number of methoxy groups -OCH3 is 2. The minimum absolute atomic E-state index is 0.309. The first-order chi connectivity index (χ1) is 9.43. The maximum Gasteiger partial charge on any atom is 0.319 e. The molecule has 2 aliphatic rings. The molecule has 0 amide bonds. The van der Waals surface area contributed by atoms with Crippen LogP contribution in [0, 0.1) is 10.8 Å². The van der Waals surface area contributed by atoms with Crippen LogP contribution < -0.4 is 0 Å². The lowest BCUT2D eigenvalue weighted by atomic mass is 9.59. The Morgan fingerprint density at radius 3 is 2.25 bits per heavy atom. The summed E-state index contributed by atoms with van der Waals surface area (Å²) in [7, 11) is 2.56. The van der Waals surface area contributed by atoms with Crippen LogP contribution in [0.2, 0.25) is 0 Å². The molecule has 0 saturated heterocycles. The molecule has 2 bridgehead atoms. The number of rotatable bonds is 2. The molecule has 2 aliphatic carbocycles. The minimum atomic E-state index is -1.22. The number of esters is 2. The fraction of sp³-hybridized carbons (Fsp3) is 0.667. The van der Waals surface area contributed by atoms with Gasteiger partial charge in [-0.15, -0.1) is 0 Å². The molecule has 0 aromatic rings. The molecule has 2 rings (SSSR count). The Bertz CT molecular complexity index is 492. The average Bonchev–Trinajstić information content (AvgIpc) is 2.52. The number of ketones is 1. The summed E-state index contributed by atoms with van der Waals surface area (Å²) in [4.78, 5) is 37.4. The van der Waals surface area contributed by atoms with E-state index in [2.05, 4.69) is 0 Å². The van der Waals surface area contributed by atoms with E-state index in [1.165, 1.54) is 14.2 Å². The Balaban J connectivity index is 2.58. The third-order valence-electron chi connectivity index (χ3n) is 4.61. The van der Waals surface area contributed by atoms with Crippen molar-refractivity contribution >= 4 is 17.7 Å². The Hall–Kier alpha value is -1.65. The highest BCUT2D eigenvalue weighted by Crippen LogP contribution is 2.52. The van der Waals surface area contributed by atoms with E-state index in [1.54, 1.807) is 0 Å². The molecule has 5 nitrogen and oxygen atoms in total. The second-order valence-corrected chi connectivity index (χ2v) is 5.76. The molecule has 20 heavy (non-hydrogen) atoms. The van der Waals surface area contributed by atoms with Gasteiger partial charge in [0.05, 0.1) is 14.2 Å². The van der Waals surface area contributed by atoms with Crippen molar-refractivity contribution in [2.75, 3.05) is 14.2 Å². The summed E-state index contributed by atoms with van der Waals surface area (Å²) in [5, 5.41) is 0. The highest BCUT2D eigenvalue weighted by atomic mass is 16.5. The molecule has 2 unspecified atom stereocenters. The van der Waals surface area contributed by atoms with Crippen molar-refractivity contribution in [2.24, 2.45) is 10.8 Å². The molecule has 1 fully saturated rings. The second-order valence-electron chi connectivity index (χ2n) is 5.76. The maximum absolute atomic E-state index is 13.0. The summed E-state index contributed by atoms with van der Waals surface area (Å²) in [6, 6.07) is 0. The van der Waals surface area contributed by atoms with Gasteiger partial charge < -0.3 is 9.47 Å². The van der Waals surface area contributed by atoms with Gasteiger partial charge in [0.1, 0.15) is 10.8 Å². The molecule has 0 aromatic heterocycles. The van der Waals surface area contributed by atoms with E-state index < -0.39 is 22.8 Å². The van der Waals surface area contributed by atoms with Crippen molar-refractivity contribution in [2.45, 2.75) is 39.0 Å². The summed E-state index contributed by atoms with van der Waals surface area (Å²) in [5.74, 6) is -1.41. The van der Waals surface area contributed by atoms with Gasteiger partial charge >= 0.3 is 11.9 Å². The van der Waals surface area contributed by atoms with Crippen molar-refractivity contribution in [3.63, 3.8) is 0 Å². The molecule has 0 radical (unpaired) electrons. The molecular weight excluding hydrogens is 260 g/mol. The lowest BCUT2D eigenvalue weighted by molar-refractivity contribution is -0.172. The lowest BCUT2D eigenvalue weighted by Crippen LogP contribution is -2.54. The Kier molecular flexibility index (Phi) is 3.71. The number of allylic oxidation sites excluding steroid dienone is 2.